The van der Waals surface area contributed by atoms with Gasteiger partial charge in [-0.05, 0) is 19.1 Å². The monoisotopic (exact) mass is 282 g/mol. The van der Waals surface area contributed by atoms with Crippen LogP contribution in [0.5, 0.6) is 5.75 Å². The zero-order chi connectivity index (χ0) is 14.0. The van der Waals surface area contributed by atoms with Crippen LogP contribution in [0, 0.1) is 6.92 Å². The van der Waals surface area contributed by atoms with Crippen LogP contribution < -0.4 is 15.2 Å². The molecule has 2 aromatic rings. The molecule has 7 nitrogen and oxygen atoms in total. The molecular weight excluding hydrogens is 268 g/mol. The molecule has 0 spiro atoms. The first kappa shape index (κ1) is 13.2. The number of nitrogens with zero attached hydrogens (tertiary/aromatic N) is 1. The van der Waals surface area contributed by atoms with Crippen molar-refractivity contribution in [1.82, 2.24) is 9.97 Å². The summed E-state index contributed by atoms with van der Waals surface area (Å²) in [5.74, 6) is 1.07. The predicted molar refractivity (Wildman–Crippen MR) is 71.5 cm³/mol. The van der Waals surface area contributed by atoms with Crippen LogP contribution in [0.4, 0.5) is 11.4 Å². The van der Waals surface area contributed by atoms with Crippen LogP contribution in [0.25, 0.3) is 0 Å². The minimum Gasteiger partial charge on any atom is -0.497 e. The Bertz CT molecular complexity index is 694. The summed E-state index contributed by atoms with van der Waals surface area (Å²) in [5.41, 5.74) is 6.32. The van der Waals surface area contributed by atoms with Crippen LogP contribution in [0.2, 0.25) is 0 Å². The summed E-state index contributed by atoms with van der Waals surface area (Å²) in [6.45, 7) is 1.67. The zero-order valence-corrected chi connectivity index (χ0v) is 11.3. The third-order valence-electron chi connectivity index (χ3n) is 2.47. The molecule has 1 heterocycles. The zero-order valence-electron chi connectivity index (χ0n) is 10.5. The molecule has 0 bridgehead atoms. The first-order valence-corrected chi connectivity index (χ1v) is 6.88. The van der Waals surface area contributed by atoms with Crippen molar-refractivity contribution < 1.29 is 13.2 Å². The minimum atomic E-state index is -3.72. The Morgan fingerprint density at radius 2 is 2.16 bits per heavy atom. The highest BCUT2D eigenvalue weighted by Gasteiger charge is 2.17. The lowest BCUT2D eigenvalue weighted by Crippen LogP contribution is -2.14. The number of aromatic amines is 1. The van der Waals surface area contributed by atoms with Gasteiger partial charge in [0.1, 0.15) is 11.6 Å². The van der Waals surface area contributed by atoms with E-state index in [1.165, 1.54) is 25.4 Å². The standard InChI is InChI=1S/C11H14N4O3S/c1-7-13-6-11(14-7)19(16,17)15-10-4-3-8(18-2)5-9(10)12/h3-6,15H,12H2,1-2H3,(H,13,14). The number of aryl methyl sites for hydroxylation is 1. The normalized spacial score (nSPS) is 11.3. The molecule has 8 heteroatoms. The minimum absolute atomic E-state index is 0.0137. The molecule has 1 aromatic heterocycles. The second kappa shape index (κ2) is 4.81. The van der Waals surface area contributed by atoms with Crippen molar-refractivity contribution in [3.05, 3.63) is 30.2 Å². The fraction of sp³-hybridized carbons (Fsp3) is 0.182. The number of nitrogen functional groups attached to an aromatic ring is 1. The van der Waals surface area contributed by atoms with E-state index >= 15 is 0 Å². The van der Waals surface area contributed by atoms with Gasteiger partial charge in [0.15, 0.2) is 5.03 Å². The summed E-state index contributed by atoms with van der Waals surface area (Å²) in [4.78, 5) is 6.50. The number of nitrogens with two attached hydrogens (primary N) is 1. The molecule has 0 atom stereocenters. The maximum Gasteiger partial charge on any atom is 0.279 e. The second-order valence-corrected chi connectivity index (χ2v) is 5.54. The molecule has 0 aliphatic rings. The molecule has 0 saturated carbocycles. The van der Waals surface area contributed by atoms with Crippen LogP contribution in [-0.4, -0.2) is 25.5 Å². The van der Waals surface area contributed by atoms with Crippen LogP contribution in [-0.2, 0) is 10.0 Å². The van der Waals surface area contributed by atoms with Gasteiger partial charge in [0.2, 0.25) is 0 Å². The lowest BCUT2D eigenvalue weighted by atomic mass is 10.2. The lowest BCUT2D eigenvalue weighted by Gasteiger charge is -2.10. The number of hydrogen-bond acceptors (Lipinski definition) is 5. The fourth-order valence-electron chi connectivity index (χ4n) is 1.50. The Labute approximate surface area is 110 Å². The largest absolute Gasteiger partial charge is 0.497 e. The summed E-state index contributed by atoms with van der Waals surface area (Å²) in [7, 11) is -2.22. The second-order valence-electron chi connectivity index (χ2n) is 3.89. The average molecular weight is 282 g/mol. The van der Waals surface area contributed by atoms with Crippen LogP contribution >= 0.6 is 0 Å². The third-order valence-corrected chi connectivity index (χ3v) is 3.75. The van der Waals surface area contributed by atoms with Gasteiger partial charge in [-0.1, -0.05) is 0 Å². The van der Waals surface area contributed by atoms with Gasteiger partial charge in [-0.25, -0.2) is 4.98 Å². The Morgan fingerprint density at radius 3 is 2.68 bits per heavy atom. The molecule has 0 aliphatic heterocycles. The smallest absolute Gasteiger partial charge is 0.279 e. The van der Waals surface area contributed by atoms with Crippen LogP contribution in [0.1, 0.15) is 5.82 Å². The van der Waals surface area contributed by atoms with E-state index in [1.807, 2.05) is 0 Å². The molecule has 4 N–H and O–H groups in total. The third kappa shape index (κ3) is 2.79. The Balaban J connectivity index is 2.30. The van der Waals surface area contributed by atoms with E-state index in [-0.39, 0.29) is 16.4 Å². The number of benzene rings is 1. The van der Waals surface area contributed by atoms with Gasteiger partial charge in [-0.3, -0.25) is 4.72 Å². The van der Waals surface area contributed by atoms with Gasteiger partial charge < -0.3 is 15.5 Å². The quantitative estimate of drug-likeness (QED) is 0.728. The number of H-pyrrole nitrogens is 1. The first-order valence-electron chi connectivity index (χ1n) is 5.40. The van der Waals surface area contributed by atoms with E-state index in [1.54, 1.807) is 13.0 Å². The lowest BCUT2D eigenvalue weighted by molar-refractivity contribution is 0.415. The Hall–Kier alpha value is -2.22. The van der Waals surface area contributed by atoms with Gasteiger partial charge in [0, 0.05) is 6.07 Å². The fourth-order valence-corrected chi connectivity index (χ4v) is 2.55. The summed E-state index contributed by atoms with van der Waals surface area (Å²) < 4.78 is 31.5. The van der Waals surface area contributed by atoms with E-state index in [2.05, 4.69) is 14.7 Å². The molecule has 2 rings (SSSR count). The molecule has 0 unspecified atom stereocenters. The van der Waals surface area contributed by atoms with E-state index in [4.69, 9.17) is 10.5 Å². The Kier molecular flexibility index (Phi) is 3.34. The topological polar surface area (TPSA) is 110 Å². The van der Waals surface area contributed by atoms with Gasteiger partial charge >= 0.3 is 0 Å². The SMILES string of the molecule is COc1ccc(NS(=O)(=O)c2cnc(C)[nH]2)c(N)c1. The number of sulfonamides is 1. The molecule has 0 radical (unpaired) electrons. The number of hydrogen-bond donors (Lipinski definition) is 3. The van der Waals surface area contributed by atoms with Crippen molar-refractivity contribution in [2.24, 2.45) is 0 Å². The van der Waals surface area contributed by atoms with E-state index in [0.29, 0.717) is 11.6 Å². The predicted octanol–water partition coefficient (Wildman–Crippen LogP) is 1.11. The molecule has 0 saturated heterocycles. The van der Waals surface area contributed by atoms with E-state index in [9.17, 15) is 8.42 Å². The molecule has 0 aliphatic carbocycles. The Morgan fingerprint density at radius 1 is 1.42 bits per heavy atom. The maximum absolute atomic E-state index is 12.1. The molecular formula is C11H14N4O3S. The number of anilines is 2. The first-order chi connectivity index (χ1) is 8.92. The maximum atomic E-state index is 12.1. The van der Waals surface area contributed by atoms with Crippen molar-refractivity contribution in [2.45, 2.75) is 11.9 Å². The molecule has 0 fully saturated rings. The number of methoxy groups -OCH3 is 1. The van der Waals surface area contributed by atoms with Crippen LogP contribution in [0.3, 0.4) is 0 Å². The van der Waals surface area contributed by atoms with Crippen molar-refractivity contribution in [1.29, 1.82) is 0 Å². The van der Waals surface area contributed by atoms with E-state index < -0.39 is 10.0 Å². The van der Waals surface area contributed by atoms with Crippen molar-refractivity contribution >= 4 is 21.4 Å². The summed E-state index contributed by atoms with van der Waals surface area (Å²) >= 11 is 0. The number of imidazole rings is 1. The summed E-state index contributed by atoms with van der Waals surface area (Å²) in [6, 6.07) is 4.69. The van der Waals surface area contributed by atoms with Gasteiger partial charge in [0.25, 0.3) is 10.0 Å². The molecule has 1 aromatic carbocycles. The summed E-state index contributed by atoms with van der Waals surface area (Å²) in [6.07, 6.45) is 1.25. The van der Waals surface area contributed by atoms with E-state index in [0.717, 1.165) is 0 Å². The number of ether oxygens (including phenoxy) is 1. The highest BCUT2D eigenvalue weighted by atomic mass is 32.2. The highest BCUT2D eigenvalue weighted by Crippen LogP contribution is 2.26. The van der Waals surface area contributed by atoms with Crippen LogP contribution in [0.15, 0.2) is 29.4 Å². The molecule has 19 heavy (non-hydrogen) atoms. The average Bonchev–Trinajstić information content (AvgIpc) is 2.79. The van der Waals surface area contributed by atoms with Crippen molar-refractivity contribution in [3.63, 3.8) is 0 Å². The molecule has 102 valence electrons. The number of aromatic nitrogens is 2. The number of nitrogens with one attached hydrogen (secondary N) is 2. The van der Waals surface area contributed by atoms with Gasteiger partial charge in [-0.2, -0.15) is 8.42 Å². The van der Waals surface area contributed by atoms with Crippen molar-refractivity contribution in [2.75, 3.05) is 17.6 Å². The molecule has 0 amide bonds. The highest BCUT2D eigenvalue weighted by molar-refractivity contribution is 7.92. The number of rotatable bonds is 4. The van der Waals surface area contributed by atoms with Crippen molar-refractivity contribution in [3.8, 4) is 5.75 Å². The van der Waals surface area contributed by atoms with Gasteiger partial charge in [-0.15, -0.1) is 0 Å². The summed E-state index contributed by atoms with van der Waals surface area (Å²) in [5, 5.41) is -0.0137. The van der Waals surface area contributed by atoms with Gasteiger partial charge in [0.05, 0.1) is 24.7 Å².